The maximum atomic E-state index is 5.92. The van der Waals surface area contributed by atoms with Crippen molar-refractivity contribution in [3.05, 3.63) is 90.5 Å². The van der Waals surface area contributed by atoms with E-state index in [9.17, 15) is 0 Å². The van der Waals surface area contributed by atoms with E-state index in [0.29, 0.717) is 0 Å². The van der Waals surface area contributed by atoms with Crippen LogP contribution in [0.15, 0.2) is 57.2 Å². The Balaban J connectivity index is 1.99. The van der Waals surface area contributed by atoms with Crippen LogP contribution in [0.1, 0.15) is 45.2 Å². The van der Waals surface area contributed by atoms with Crippen LogP contribution in [0.2, 0.25) is 0 Å². The molecule has 2 atom stereocenters. The molecule has 1 nitrogen and oxygen atoms in total. The third-order valence-corrected chi connectivity index (χ3v) is 12.4. The SMILES string of the molecule is COc1c(Br)c(Br)c(Br)c2c1C1c3ccccc3C2c2c1cc(Br)c(Br)c2Br. The standard InChI is InChI=1S/C21H10Br6O/c1-28-21-15-11-7-4-2-3-5-8(7)12(14(15)18(25)19(26)20(21)27)13-9(11)6-10(22)16(23)17(13)24/h2-6,11-12H,1H3. The van der Waals surface area contributed by atoms with Crippen molar-refractivity contribution in [1.29, 1.82) is 0 Å². The van der Waals surface area contributed by atoms with Crippen LogP contribution < -0.4 is 4.74 Å². The molecular formula is C21H10Br6O. The Labute approximate surface area is 213 Å². The van der Waals surface area contributed by atoms with Gasteiger partial charge in [-0.3, -0.25) is 0 Å². The Hall–Kier alpha value is 0.340. The molecule has 3 aliphatic carbocycles. The van der Waals surface area contributed by atoms with Gasteiger partial charge < -0.3 is 4.74 Å². The summed E-state index contributed by atoms with van der Waals surface area (Å²) in [6.45, 7) is 0. The summed E-state index contributed by atoms with van der Waals surface area (Å²) in [7, 11) is 1.74. The summed E-state index contributed by atoms with van der Waals surface area (Å²) in [6, 6.07) is 11.0. The predicted molar refractivity (Wildman–Crippen MR) is 134 cm³/mol. The average Bonchev–Trinajstić information content (AvgIpc) is 2.70. The molecule has 7 heteroatoms. The van der Waals surface area contributed by atoms with Gasteiger partial charge in [0.25, 0.3) is 0 Å². The average molecular weight is 758 g/mol. The molecule has 142 valence electrons. The lowest BCUT2D eigenvalue weighted by Crippen LogP contribution is -2.29. The van der Waals surface area contributed by atoms with Crippen LogP contribution in [-0.4, -0.2) is 7.11 Å². The van der Waals surface area contributed by atoms with Crippen LogP contribution in [0, 0.1) is 0 Å². The minimum absolute atomic E-state index is 0.0996. The summed E-state index contributed by atoms with van der Waals surface area (Å²) in [5, 5.41) is 0. The Kier molecular flexibility index (Phi) is 5.21. The highest BCUT2D eigenvalue weighted by Crippen LogP contribution is 2.64. The molecule has 0 spiro atoms. The number of hydrogen-bond donors (Lipinski definition) is 0. The first-order valence-corrected chi connectivity index (χ1v) is 13.1. The zero-order valence-corrected chi connectivity index (χ0v) is 23.7. The Morgan fingerprint density at radius 1 is 0.643 bits per heavy atom. The summed E-state index contributed by atoms with van der Waals surface area (Å²) in [5.74, 6) is 1.09. The number of benzene rings is 3. The van der Waals surface area contributed by atoms with Gasteiger partial charge in [0.15, 0.2) is 0 Å². The molecule has 3 aromatic rings. The second kappa shape index (κ2) is 7.20. The molecule has 0 aliphatic heterocycles. The van der Waals surface area contributed by atoms with E-state index in [2.05, 4.69) is 126 Å². The lowest BCUT2D eigenvalue weighted by Gasteiger charge is -2.44. The highest BCUT2D eigenvalue weighted by molar-refractivity contribution is 9.15. The lowest BCUT2D eigenvalue weighted by molar-refractivity contribution is 0.403. The molecule has 0 N–H and O–H groups in total. The van der Waals surface area contributed by atoms with Gasteiger partial charge in [-0.25, -0.2) is 0 Å². The molecule has 3 aromatic carbocycles. The third-order valence-electron chi connectivity index (χ3n) is 5.59. The number of hydrogen-bond acceptors (Lipinski definition) is 1. The molecule has 0 amide bonds. The molecular weight excluding hydrogens is 748 g/mol. The number of halogens is 6. The fraction of sp³-hybridized carbons (Fsp3) is 0.143. The van der Waals surface area contributed by atoms with Crippen molar-refractivity contribution in [3.8, 4) is 5.75 Å². The Bertz CT molecular complexity index is 1190. The van der Waals surface area contributed by atoms with Gasteiger partial charge in [0.2, 0.25) is 0 Å². The van der Waals surface area contributed by atoms with Crippen LogP contribution in [0.3, 0.4) is 0 Å². The molecule has 0 aromatic heterocycles. The van der Waals surface area contributed by atoms with Gasteiger partial charge in [0.1, 0.15) is 5.75 Å². The third kappa shape index (κ3) is 2.56. The normalized spacial score (nSPS) is 18.5. The van der Waals surface area contributed by atoms with Crippen molar-refractivity contribution in [2.45, 2.75) is 11.8 Å². The van der Waals surface area contributed by atoms with Crippen molar-refractivity contribution in [2.75, 3.05) is 7.11 Å². The summed E-state index contributed by atoms with van der Waals surface area (Å²) in [4.78, 5) is 0. The molecule has 0 radical (unpaired) electrons. The second-order valence-electron chi connectivity index (χ2n) is 6.79. The largest absolute Gasteiger partial charge is 0.495 e. The Morgan fingerprint density at radius 3 is 1.89 bits per heavy atom. The molecule has 6 rings (SSSR count). The van der Waals surface area contributed by atoms with E-state index < -0.39 is 0 Å². The van der Waals surface area contributed by atoms with Gasteiger partial charge in [-0.15, -0.1) is 0 Å². The van der Waals surface area contributed by atoms with Gasteiger partial charge in [-0.05, 0) is 129 Å². The number of rotatable bonds is 1. The van der Waals surface area contributed by atoms with E-state index in [0.717, 1.165) is 32.6 Å². The number of ether oxygens (including phenoxy) is 1. The highest BCUT2D eigenvalue weighted by atomic mass is 79.9. The molecule has 28 heavy (non-hydrogen) atoms. The van der Waals surface area contributed by atoms with Crippen LogP contribution in [0.4, 0.5) is 0 Å². The van der Waals surface area contributed by atoms with Crippen LogP contribution in [-0.2, 0) is 0 Å². The molecule has 3 aliphatic rings. The predicted octanol–water partition coefficient (Wildman–Crippen LogP) is 9.26. The van der Waals surface area contributed by atoms with Crippen molar-refractivity contribution < 1.29 is 4.74 Å². The van der Waals surface area contributed by atoms with Crippen LogP contribution in [0.25, 0.3) is 0 Å². The van der Waals surface area contributed by atoms with Crippen molar-refractivity contribution in [3.63, 3.8) is 0 Å². The topological polar surface area (TPSA) is 9.23 Å². The maximum absolute atomic E-state index is 5.92. The fourth-order valence-corrected chi connectivity index (χ4v) is 8.16. The molecule has 2 bridgehead atoms. The van der Waals surface area contributed by atoms with Crippen molar-refractivity contribution >= 4 is 95.6 Å². The smallest absolute Gasteiger partial charge is 0.138 e. The summed E-state index contributed by atoms with van der Waals surface area (Å²) >= 11 is 22.7. The van der Waals surface area contributed by atoms with Gasteiger partial charge in [-0.1, -0.05) is 24.3 Å². The Morgan fingerprint density at radius 2 is 1.25 bits per heavy atom. The minimum Gasteiger partial charge on any atom is -0.495 e. The maximum Gasteiger partial charge on any atom is 0.138 e. The lowest BCUT2D eigenvalue weighted by atomic mass is 9.61. The summed E-state index contributed by atoms with van der Waals surface area (Å²) in [5.41, 5.74) is 7.79. The number of methoxy groups -OCH3 is 1. The van der Waals surface area contributed by atoms with Crippen molar-refractivity contribution in [2.24, 2.45) is 0 Å². The fourth-order valence-electron chi connectivity index (χ4n) is 4.57. The minimum atomic E-state index is 0.0996. The van der Waals surface area contributed by atoms with E-state index in [-0.39, 0.29) is 11.8 Å². The van der Waals surface area contributed by atoms with E-state index in [1.807, 2.05) is 0 Å². The first-order chi connectivity index (χ1) is 13.4. The van der Waals surface area contributed by atoms with Gasteiger partial charge >= 0.3 is 0 Å². The molecule has 0 heterocycles. The van der Waals surface area contributed by atoms with E-state index in [1.165, 1.54) is 33.4 Å². The van der Waals surface area contributed by atoms with Crippen molar-refractivity contribution in [1.82, 2.24) is 0 Å². The highest BCUT2D eigenvalue weighted by Gasteiger charge is 2.46. The second-order valence-corrected chi connectivity index (χ2v) is 11.6. The van der Waals surface area contributed by atoms with E-state index >= 15 is 0 Å². The monoisotopic (exact) mass is 752 g/mol. The molecule has 0 fully saturated rings. The quantitative estimate of drug-likeness (QED) is 0.155. The zero-order chi connectivity index (χ0) is 19.9. The summed E-state index contributed by atoms with van der Waals surface area (Å²) < 4.78 is 12.1. The first-order valence-electron chi connectivity index (χ1n) is 8.38. The van der Waals surface area contributed by atoms with Crippen LogP contribution >= 0.6 is 95.6 Å². The molecule has 0 saturated heterocycles. The zero-order valence-electron chi connectivity index (χ0n) is 14.2. The van der Waals surface area contributed by atoms with Crippen LogP contribution in [0.5, 0.6) is 5.75 Å². The van der Waals surface area contributed by atoms with Gasteiger partial charge in [0, 0.05) is 35.3 Å². The van der Waals surface area contributed by atoms with E-state index in [4.69, 9.17) is 4.74 Å². The first kappa shape index (κ1) is 20.3. The van der Waals surface area contributed by atoms with E-state index in [1.54, 1.807) is 7.11 Å². The molecule has 0 saturated carbocycles. The van der Waals surface area contributed by atoms with Gasteiger partial charge in [0.05, 0.1) is 16.1 Å². The molecule has 2 unspecified atom stereocenters. The summed E-state index contributed by atoms with van der Waals surface area (Å²) in [6.07, 6.45) is 0. The van der Waals surface area contributed by atoms with Gasteiger partial charge in [-0.2, -0.15) is 0 Å².